The molecule has 0 spiro atoms. The molecule has 1 aliphatic rings. The van der Waals surface area contributed by atoms with E-state index in [0.717, 1.165) is 20.9 Å². The zero-order valence-corrected chi connectivity index (χ0v) is 18.0. The van der Waals surface area contributed by atoms with E-state index in [-0.39, 0.29) is 11.7 Å². The van der Waals surface area contributed by atoms with Crippen LogP contribution < -0.4 is 5.32 Å². The average Bonchev–Trinajstić information content (AvgIpc) is 2.88. The third kappa shape index (κ3) is 4.17. The third-order valence-corrected chi connectivity index (χ3v) is 6.01. The zero-order chi connectivity index (χ0) is 21.3. The van der Waals surface area contributed by atoms with Crippen molar-refractivity contribution in [1.29, 1.82) is 0 Å². The van der Waals surface area contributed by atoms with E-state index in [2.05, 4.69) is 19.2 Å². The van der Waals surface area contributed by atoms with Crippen molar-refractivity contribution in [3.05, 3.63) is 88.7 Å². The van der Waals surface area contributed by atoms with Crippen LogP contribution in [0.2, 0.25) is 0 Å². The molecule has 152 valence electrons. The van der Waals surface area contributed by atoms with Crippen LogP contribution in [0, 0.1) is 18.7 Å². The summed E-state index contributed by atoms with van der Waals surface area (Å²) in [6.07, 6.45) is 0. The predicted molar refractivity (Wildman–Crippen MR) is 121 cm³/mol. The number of nitrogens with one attached hydrogen (secondary N) is 1. The van der Waals surface area contributed by atoms with E-state index in [1.165, 1.54) is 6.07 Å². The van der Waals surface area contributed by atoms with E-state index in [1.807, 2.05) is 49.4 Å². The normalized spacial score (nSPS) is 12.6. The van der Waals surface area contributed by atoms with Crippen molar-refractivity contribution in [2.45, 2.75) is 30.6 Å². The summed E-state index contributed by atoms with van der Waals surface area (Å²) in [5.74, 6) is -0.0617. The zero-order valence-electron chi connectivity index (χ0n) is 17.2. The first kappa shape index (κ1) is 20.4. The third-order valence-electron chi connectivity index (χ3n) is 4.87. The Bertz CT molecular complexity index is 1150. The summed E-state index contributed by atoms with van der Waals surface area (Å²) in [6, 6.07) is 18.6. The maximum atomic E-state index is 14.9. The van der Waals surface area contributed by atoms with Gasteiger partial charge in [-0.2, -0.15) is 0 Å². The molecule has 0 unspecified atom stereocenters. The van der Waals surface area contributed by atoms with Gasteiger partial charge >= 0.3 is 0 Å². The molecule has 3 aromatic rings. The number of aliphatic imine (C=N–C) groups is 1. The molecular weight excluding hydrogens is 395 g/mol. The van der Waals surface area contributed by atoms with E-state index in [4.69, 9.17) is 4.99 Å². The van der Waals surface area contributed by atoms with Crippen molar-refractivity contribution in [2.24, 2.45) is 10.9 Å². The van der Waals surface area contributed by atoms with Gasteiger partial charge < -0.3 is 5.32 Å². The average molecular weight is 419 g/mol. The van der Waals surface area contributed by atoms with Crippen molar-refractivity contribution in [1.82, 2.24) is 5.32 Å². The Balaban J connectivity index is 1.84. The number of hydrogen-bond donors (Lipinski definition) is 1. The molecule has 0 aliphatic carbocycles. The van der Waals surface area contributed by atoms with Crippen LogP contribution in [-0.4, -0.2) is 18.2 Å². The number of amides is 1. The van der Waals surface area contributed by atoms with Gasteiger partial charge in [-0.15, -0.1) is 0 Å². The van der Waals surface area contributed by atoms with E-state index < -0.39 is 0 Å². The molecule has 0 saturated carbocycles. The summed E-state index contributed by atoms with van der Waals surface area (Å²) in [7, 11) is 0. The highest BCUT2D eigenvalue weighted by molar-refractivity contribution is 7.99. The Morgan fingerprint density at radius 1 is 1.03 bits per heavy atom. The second kappa shape index (κ2) is 8.44. The van der Waals surface area contributed by atoms with Crippen LogP contribution in [-0.2, 0) is 0 Å². The van der Waals surface area contributed by atoms with Gasteiger partial charge in [-0.25, -0.2) is 9.38 Å². The van der Waals surface area contributed by atoms with Crippen molar-refractivity contribution < 1.29 is 9.18 Å². The smallest absolute Gasteiger partial charge is 0.251 e. The molecule has 0 fully saturated rings. The fourth-order valence-corrected chi connectivity index (χ4v) is 4.30. The summed E-state index contributed by atoms with van der Waals surface area (Å²) in [6.45, 7) is 6.58. The van der Waals surface area contributed by atoms with Gasteiger partial charge in [0.05, 0.1) is 11.4 Å². The van der Waals surface area contributed by atoms with Crippen LogP contribution in [0.25, 0.3) is 0 Å². The molecule has 0 bridgehead atoms. The summed E-state index contributed by atoms with van der Waals surface area (Å²) in [5, 5.41) is 2.94. The number of benzene rings is 3. The monoisotopic (exact) mass is 418 g/mol. The number of hydrogen-bond acceptors (Lipinski definition) is 3. The van der Waals surface area contributed by atoms with Crippen molar-refractivity contribution in [3.8, 4) is 0 Å². The van der Waals surface area contributed by atoms with Crippen LogP contribution in [0.5, 0.6) is 0 Å². The van der Waals surface area contributed by atoms with Crippen LogP contribution in [0.4, 0.5) is 10.1 Å². The number of halogens is 1. The molecule has 1 amide bonds. The Kier molecular flexibility index (Phi) is 5.73. The van der Waals surface area contributed by atoms with Crippen molar-refractivity contribution in [2.75, 3.05) is 6.54 Å². The quantitative estimate of drug-likeness (QED) is 0.432. The van der Waals surface area contributed by atoms with Crippen molar-refractivity contribution >= 4 is 29.1 Å². The van der Waals surface area contributed by atoms with Gasteiger partial charge in [0, 0.05) is 33.0 Å². The van der Waals surface area contributed by atoms with Gasteiger partial charge in [0.1, 0.15) is 5.82 Å². The highest BCUT2D eigenvalue weighted by Gasteiger charge is 2.21. The molecule has 0 aromatic heterocycles. The summed E-state index contributed by atoms with van der Waals surface area (Å²) in [5.41, 5.74) is 3.99. The lowest BCUT2D eigenvalue weighted by Gasteiger charge is -2.10. The first-order valence-corrected chi connectivity index (χ1v) is 10.8. The number of carbonyl (C=O) groups excluding carboxylic acids is 1. The van der Waals surface area contributed by atoms with Gasteiger partial charge in [0.15, 0.2) is 0 Å². The molecule has 0 atom stereocenters. The maximum Gasteiger partial charge on any atom is 0.251 e. The van der Waals surface area contributed by atoms with Crippen LogP contribution in [0.1, 0.15) is 40.9 Å². The molecule has 1 heterocycles. The van der Waals surface area contributed by atoms with E-state index in [0.29, 0.717) is 35.0 Å². The molecular formula is C25H23FN2OS. The van der Waals surface area contributed by atoms with Gasteiger partial charge in [0.2, 0.25) is 0 Å². The Labute approximate surface area is 180 Å². The molecule has 0 radical (unpaired) electrons. The minimum atomic E-state index is -0.303. The van der Waals surface area contributed by atoms with Crippen LogP contribution in [0.15, 0.2) is 75.4 Å². The Morgan fingerprint density at radius 2 is 1.83 bits per heavy atom. The molecule has 5 heteroatoms. The number of nitrogens with zero attached hydrogens (tertiary/aromatic N) is 1. The van der Waals surface area contributed by atoms with E-state index in [9.17, 15) is 9.18 Å². The predicted octanol–water partition coefficient (Wildman–Crippen LogP) is 6.15. The lowest BCUT2D eigenvalue weighted by atomic mass is 10.00. The van der Waals surface area contributed by atoms with Crippen molar-refractivity contribution in [3.63, 3.8) is 0 Å². The van der Waals surface area contributed by atoms with E-state index in [1.54, 1.807) is 23.9 Å². The molecule has 3 nitrogen and oxygen atoms in total. The van der Waals surface area contributed by atoms with Gasteiger partial charge in [-0.3, -0.25) is 4.79 Å². The first-order valence-electron chi connectivity index (χ1n) is 9.97. The Hall–Kier alpha value is -2.92. The maximum absolute atomic E-state index is 14.9. The lowest BCUT2D eigenvalue weighted by Crippen LogP contribution is -2.27. The molecule has 4 rings (SSSR count). The Morgan fingerprint density at radius 3 is 2.60 bits per heavy atom. The topological polar surface area (TPSA) is 41.5 Å². The summed E-state index contributed by atoms with van der Waals surface area (Å²) < 4.78 is 14.9. The van der Waals surface area contributed by atoms with Gasteiger partial charge in [-0.1, -0.05) is 49.9 Å². The van der Waals surface area contributed by atoms with Crippen LogP contribution in [0.3, 0.4) is 0 Å². The molecule has 3 aromatic carbocycles. The first-order chi connectivity index (χ1) is 14.4. The summed E-state index contributed by atoms with van der Waals surface area (Å²) in [4.78, 5) is 19.4. The number of fused-ring (bicyclic) bond motifs is 2. The standard InChI is InChI=1S/C25H23FN2OS/c1-15(2)14-27-25(29)17-9-11-23-21(13-17)28-24(18-10-8-16(3)12-20(18)26)19-6-4-5-7-22(19)30-23/h4-13,15H,14H2,1-3H3,(H,27,29). The number of carbonyl (C=O) groups is 1. The molecule has 1 aliphatic heterocycles. The molecule has 1 N–H and O–H groups in total. The minimum absolute atomic E-state index is 0.128. The minimum Gasteiger partial charge on any atom is -0.352 e. The van der Waals surface area contributed by atoms with Gasteiger partial charge in [-0.05, 0) is 54.8 Å². The second-order valence-electron chi connectivity index (χ2n) is 7.83. The molecule has 0 saturated heterocycles. The highest BCUT2D eigenvalue weighted by atomic mass is 32.2. The fourth-order valence-electron chi connectivity index (χ4n) is 3.30. The van der Waals surface area contributed by atoms with E-state index >= 15 is 0 Å². The number of aryl methyl sites for hydroxylation is 1. The fraction of sp³-hybridized carbons (Fsp3) is 0.200. The largest absolute Gasteiger partial charge is 0.352 e. The number of rotatable bonds is 4. The molecule has 30 heavy (non-hydrogen) atoms. The second-order valence-corrected chi connectivity index (χ2v) is 8.91. The SMILES string of the molecule is Cc1ccc(C2=Nc3cc(C(=O)NCC(C)C)ccc3Sc3ccccc32)c(F)c1. The summed E-state index contributed by atoms with van der Waals surface area (Å²) >= 11 is 1.58. The van der Waals surface area contributed by atoms with Crippen LogP contribution >= 0.6 is 11.8 Å². The lowest BCUT2D eigenvalue weighted by molar-refractivity contribution is 0.0949. The highest BCUT2D eigenvalue weighted by Crippen LogP contribution is 2.41. The van der Waals surface area contributed by atoms with Gasteiger partial charge in [0.25, 0.3) is 5.91 Å².